The molecule has 0 aliphatic rings. The smallest absolute Gasteiger partial charge is 0.306 e. The van der Waals surface area contributed by atoms with Gasteiger partial charge >= 0.3 is 17.9 Å². The summed E-state index contributed by atoms with van der Waals surface area (Å²) < 4.78 is 16.7. The van der Waals surface area contributed by atoms with Crippen LogP contribution in [0.2, 0.25) is 0 Å². The Balaban J connectivity index is 4.47. The number of unbranched alkanes of at least 4 members (excludes halogenated alkanes) is 17. The van der Waals surface area contributed by atoms with E-state index in [1.54, 1.807) is 0 Å². The second-order valence-corrected chi connectivity index (χ2v) is 16.4. The fourth-order valence-corrected chi connectivity index (χ4v) is 6.51. The van der Waals surface area contributed by atoms with Crippen molar-refractivity contribution in [1.29, 1.82) is 0 Å². The molecule has 63 heavy (non-hydrogen) atoms. The third kappa shape index (κ3) is 49.0. The van der Waals surface area contributed by atoms with Crippen LogP contribution in [0.5, 0.6) is 0 Å². The predicted octanol–water partition coefficient (Wildman–Crippen LogP) is 16.8. The Morgan fingerprint density at radius 2 is 0.698 bits per heavy atom. The van der Waals surface area contributed by atoms with Gasteiger partial charge < -0.3 is 14.2 Å². The Labute approximate surface area is 387 Å². The Morgan fingerprint density at radius 3 is 1.17 bits per heavy atom. The zero-order valence-electron chi connectivity index (χ0n) is 40.5. The van der Waals surface area contributed by atoms with E-state index in [4.69, 9.17) is 14.2 Å². The van der Waals surface area contributed by atoms with Crippen LogP contribution in [0.15, 0.2) is 109 Å². The molecule has 0 saturated heterocycles. The molecular formula is C57H92O6. The van der Waals surface area contributed by atoms with Gasteiger partial charge in [-0.1, -0.05) is 201 Å². The number of carbonyl (C=O) groups excluding carboxylic acids is 3. The molecule has 0 aliphatic carbocycles. The summed E-state index contributed by atoms with van der Waals surface area (Å²) in [6, 6.07) is 0. The van der Waals surface area contributed by atoms with Crippen LogP contribution in [0.3, 0.4) is 0 Å². The molecule has 0 aromatic rings. The van der Waals surface area contributed by atoms with Gasteiger partial charge in [0.2, 0.25) is 0 Å². The van der Waals surface area contributed by atoms with Crippen molar-refractivity contribution in [1.82, 2.24) is 0 Å². The van der Waals surface area contributed by atoms with Crippen molar-refractivity contribution in [3.8, 4) is 0 Å². The van der Waals surface area contributed by atoms with Crippen LogP contribution in [-0.4, -0.2) is 37.2 Å². The highest BCUT2D eigenvalue weighted by Crippen LogP contribution is 2.13. The fourth-order valence-electron chi connectivity index (χ4n) is 6.51. The minimum Gasteiger partial charge on any atom is -0.462 e. The van der Waals surface area contributed by atoms with E-state index in [2.05, 4.69) is 130 Å². The van der Waals surface area contributed by atoms with Crippen molar-refractivity contribution in [3.05, 3.63) is 109 Å². The highest BCUT2D eigenvalue weighted by atomic mass is 16.6. The van der Waals surface area contributed by atoms with Gasteiger partial charge in [0, 0.05) is 19.3 Å². The first-order valence-corrected chi connectivity index (χ1v) is 25.4. The van der Waals surface area contributed by atoms with Gasteiger partial charge in [-0.25, -0.2) is 0 Å². The first kappa shape index (κ1) is 59.1. The molecule has 0 amide bonds. The molecule has 0 N–H and O–H groups in total. The van der Waals surface area contributed by atoms with Gasteiger partial charge in [0.1, 0.15) is 13.2 Å². The van der Waals surface area contributed by atoms with Crippen LogP contribution in [-0.2, 0) is 28.6 Å². The summed E-state index contributed by atoms with van der Waals surface area (Å²) in [5.74, 6) is -0.962. The molecule has 0 aliphatic heterocycles. The lowest BCUT2D eigenvalue weighted by Gasteiger charge is -2.18. The molecule has 0 heterocycles. The zero-order chi connectivity index (χ0) is 45.8. The first-order chi connectivity index (χ1) is 31.0. The number of rotatable bonds is 44. The summed E-state index contributed by atoms with van der Waals surface area (Å²) in [6.07, 6.45) is 67.8. The number of carbonyl (C=O) groups is 3. The molecule has 0 spiro atoms. The molecule has 356 valence electrons. The van der Waals surface area contributed by atoms with Crippen molar-refractivity contribution in [3.63, 3.8) is 0 Å². The van der Waals surface area contributed by atoms with Crippen LogP contribution in [0.25, 0.3) is 0 Å². The van der Waals surface area contributed by atoms with E-state index in [0.29, 0.717) is 19.3 Å². The Bertz CT molecular complexity index is 1330. The fraction of sp³-hybridized carbons (Fsp3) is 0.632. The normalized spacial score (nSPS) is 13.0. The van der Waals surface area contributed by atoms with Crippen LogP contribution in [0.1, 0.15) is 213 Å². The van der Waals surface area contributed by atoms with Crippen LogP contribution < -0.4 is 0 Å². The molecule has 6 nitrogen and oxygen atoms in total. The van der Waals surface area contributed by atoms with E-state index in [9.17, 15) is 14.4 Å². The quantitative estimate of drug-likeness (QED) is 0.0199. The van der Waals surface area contributed by atoms with Gasteiger partial charge in [0.05, 0.1) is 0 Å². The maximum atomic E-state index is 12.8. The maximum absolute atomic E-state index is 12.8. The van der Waals surface area contributed by atoms with E-state index >= 15 is 0 Å². The third-order valence-corrected chi connectivity index (χ3v) is 10.3. The van der Waals surface area contributed by atoms with Crippen molar-refractivity contribution >= 4 is 17.9 Å². The molecule has 1 atom stereocenters. The summed E-state index contributed by atoms with van der Waals surface area (Å²) >= 11 is 0. The molecule has 0 saturated carbocycles. The number of hydrogen-bond acceptors (Lipinski definition) is 6. The average molecular weight is 873 g/mol. The number of ether oxygens (including phenoxy) is 3. The molecule has 0 aromatic carbocycles. The SMILES string of the molecule is CC\C=C/C=C\C=C/CCCCCCCCCC(=O)OC(COC(=O)CCCCC/C=C\C/C=C\C/C=C\C/C=C\C/C=C\CC)COC(=O)CCCCCCC/C=C\CCCC. The van der Waals surface area contributed by atoms with Gasteiger partial charge in [-0.15, -0.1) is 0 Å². The monoisotopic (exact) mass is 873 g/mol. The second-order valence-electron chi connectivity index (χ2n) is 16.4. The lowest BCUT2D eigenvalue weighted by molar-refractivity contribution is -0.167. The topological polar surface area (TPSA) is 78.9 Å². The van der Waals surface area contributed by atoms with Gasteiger partial charge in [-0.3, -0.25) is 14.4 Å². The van der Waals surface area contributed by atoms with E-state index in [-0.39, 0.29) is 31.1 Å². The standard InChI is InChI=1S/C57H92O6/c1-4-7-10-13-16-19-22-24-26-27-28-29-31-32-35-38-41-44-47-50-56(59)62-53-54(52-61-55(58)49-46-43-40-37-34-21-18-15-12-9-6-3)63-57(60)51-48-45-42-39-36-33-30-25-23-20-17-14-11-8-5-2/h7-8,10-11,14-20,23-24,26,28-29,32,35,54H,4-6,9,12-13,21-22,25,27,30-31,33-34,36-53H2,1-3H3/b10-7-,11-8-,17-14-,18-15-,19-16-,23-20-,26-24-,29-28-,35-32-. The van der Waals surface area contributed by atoms with E-state index in [1.165, 1.54) is 44.9 Å². The minimum atomic E-state index is -0.802. The van der Waals surface area contributed by atoms with Gasteiger partial charge in [0.25, 0.3) is 0 Å². The Hall–Kier alpha value is -3.93. The summed E-state index contributed by atoms with van der Waals surface area (Å²) in [6.45, 7) is 6.29. The molecule has 6 heteroatoms. The minimum absolute atomic E-state index is 0.100. The van der Waals surface area contributed by atoms with Crippen LogP contribution >= 0.6 is 0 Å². The predicted molar refractivity (Wildman–Crippen MR) is 270 cm³/mol. The summed E-state index contributed by atoms with van der Waals surface area (Å²) in [5.41, 5.74) is 0. The molecule has 1 unspecified atom stereocenters. The van der Waals surface area contributed by atoms with E-state index in [1.807, 2.05) is 0 Å². The first-order valence-electron chi connectivity index (χ1n) is 25.4. The lowest BCUT2D eigenvalue weighted by atomic mass is 10.1. The number of allylic oxidation sites excluding steroid dienone is 18. The molecule has 0 rings (SSSR count). The Kier molecular flexibility index (Phi) is 47.5. The maximum Gasteiger partial charge on any atom is 0.306 e. The average Bonchev–Trinajstić information content (AvgIpc) is 3.28. The van der Waals surface area contributed by atoms with Crippen molar-refractivity contribution < 1.29 is 28.6 Å². The highest BCUT2D eigenvalue weighted by molar-refractivity contribution is 5.71. The highest BCUT2D eigenvalue weighted by Gasteiger charge is 2.19. The Morgan fingerprint density at radius 1 is 0.349 bits per heavy atom. The van der Waals surface area contributed by atoms with Gasteiger partial charge in [-0.2, -0.15) is 0 Å². The summed E-state index contributed by atoms with van der Waals surface area (Å²) in [7, 11) is 0. The molecular weight excluding hydrogens is 781 g/mol. The van der Waals surface area contributed by atoms with Crippen molar-refractivity contribution in [2.24, 2.45) is 0 Å². The second kappa shape index (κ2) is 50.7. The van der Waals surface area contributed by atoms with Gasteiger partial charge in [0.15, 0.2) is 6.10 Å². The summed E-state index contributed by atoms with van der Waals surface area (Å²) in [5, 5.41) is 0. The van der Waals surface area contributed by atoms with E-state index in [0.717, 1.165) is 128 Å². The molecule has 0 radical (unpaired) electrons. The number of esters is 3. The third-order valence-electron chi connectivity index (χ3n) is 10.3. The molecule has 0 aromatic heterocycles. The van der Waals surface area contributed by atoms with E-state index < -0.39 is 6.10 Å². The lowest BCUT2D eigenvalue weighted by Crippen LogP contribution is -2.30. The van der Waals surface area contributed by atoms with Crippen LogP contribution in [0.4, 0.5) is 0 Å². The number of hydrogen-bond donors (Lipinski definition) is 0. The largest absolute Gasteiger partial charge is 0.462 e. The molecule has 0 bridgehead atoms. The van der Waals surface area contributed by atoms with Gasteiger partial charge in [-0.05, 0) is 103 Å². The summed E-state index contributed by atoms with van der Waals surface area (Å²) in [4.78, 5) is 37.9. The van der Waals surface area contributed by atoms with Crippen LogP contribution in [0, 0.1) is 0 Å². The van der Waals surface area contributed by atoms with Crippen molar-refractivity contribution in [2.75, 3.05) is 13.2 Å². The zero-order valence-corrected chi connectivity index (χ0v) is 40.5. The molecule has 0 fully saturated rings. The van der Waals surface area contributed by atoms with Crippen molar-refractivity contribution in [2.45, 2.75) is 219 Å².